The summed E-state index contributed by atoms with van der Waals surface area (Å²) in [5, 5.41) is 12.8. The molecule has 0 aliphatic heterocycles. The topological polar surface area (TPSA) is 82.2 Å². The van der Waals surface area contributed by atoms with Crippen LogP contribution in [0.1, 0.15) is 30.9 Å². The van der Waals surface area contributed by atoms with Gasteiger partial charge >= 0.3 is 5.97 Å². The SMILES string of the molecule is C/C=C/CC(NC(=O)CCc1c[nH]c2c(C)cccc12)C(=O)O. The van der Waals surface area contributed by atoms with E-state index in [1.165, 1.54) is 0 Å². The summed E-state index contributed by atoms with van der Waals surface area (Å²) in [4.78, 5) is 26.4. The summed E-state index contributed by atoms with van der Waals surface area (Å²) in [7, 11) is 0. The number of carboxylic acid groups (broad SMARTS) is 1. The lowest BCUT2D eigenvalue weighted by atomic mass is 10.1. The number of carbonyl (C=O) groups is 2. The maximum Gasteiger partial charge on any atom is 0.326 e. The Morgan fingerprint density at radius 1 is 1.39 bits per heavy atom. The number of hydrogen-bond donors (Lipinski definition) is 3. The number of aliphatic carboxylic acids is 1. The van der Waals surface area contributed by atoms with Crippen LogP contribution >= 0.6 is 0 Å². The zero-order valence-corrected chi connectivity index (χ0v) is 13.4. The highest BCUT2D eigenvalue weighted by molar-refractivity contribution is 5.87. The van der Waals surface area contributed by atoms with E-state index in [0.29, 0.717) is 12.8 Å². The van der Waals surface area contributed by atoms with Crippen molar-refractivity contribution in [1.29, 1.82) is 0 Å². The molecule has 0 fully saturated rings. The fourth-order valence-corrected chi connectivity index (χ4v) is 2.58. The molecule has 23 heavy (non-hydrogen) atoms. The number of aromatic nitrogens is 1. The Labute approximate surface area is 135 Å². The zero-order valence-electron chi connectivity index (χ0n) is 13.4. The molecule has 1 aromatic carbocycles. The Morgan fingerprint density at radius 3 is 2.87 bits per heavy atom. The van der Waals surface area contributed by atoms with Gasteiger partial charge in [0.15, 0.2) is 0 Å². The second kappa shape index (κ2) is 7.63. The number of rotatable bonds is 7. The molecule has 122 valence electrons. The van der Waals surface area contributed by atoms with Crippen LogP contribution < -0.4 is 5.32 Å². The predicted octanol–water partition coefficient (Wildman–Crippen LogP) is 2.94. The summed E-state index contributed by atoms with van der Waals surface area (Å²) in [5.74, 6) is -1.26. The third-order valence-corrected chi connectivity index (χ3v) is 3.87. The number of aryl methyl sites for hydroxylation is 2. The van der Waals surface area contributed by atoms with Crippen molar-refractivity contribution in [2.24, 2.45) is 0 Å². The van der Waals surface area contributed by atoms with E-state index < -0.39 is 12.0 Å². The number of carboxylic acids is 1. The van der Waals surface area contributed by atoms with Gasteiger partial charge in [0, 0.05) is 23.5 Å². The van der Waals surface area contributed by atoms with Gasteiger partial charge in [-0.3, -0.25) is 4.79 Å². The molecule has 2 aromatic rings. The van der Waals surface area contributed by atoms with Crippen LogP contribution in [0.2, 0.25) is 0 Å². The molecule has 5 nitrogen and oxygen atoms in total. The van der Waals surface area contributed by atoms with Crippen molar-refractivity contribution in [2.75, 3.05) is 0 Å². The quantitative estimate of drug-likeness (QED) is 0.687. The van der Waals surface area contributed by atoms with Crippen LogP contribution in [0.3, 0.4) is 0 Å². The lowest BCUT2D eigenvalue weighted by Crippen LogP contribution is -2.40. The zero-order chi connectivity index (χ0) is 16.8. The second-order valence-corrected chi connectivity index (χ2v) is 5.57. The van der Waals surface area contributed by atoms with E-state index in [1.807, 2.05) is 38.2 Å². The minimum atomic E-state index is -1.01. The van der Waals surface area contributed by atoms with Crippen molar-refractivity contribution < 1.29 is 14.7 Å². The summed E-state index contributed by atoms with van der Waals surface area (Å²) in [5.41, 5.74) is 3.31. The van der Waals surface area contributed by atoms with Crippen molar-refractivity contribution in [3.63, 3.8) is 0 Å². The van der Waals surface area contributed by atoms with E-state index >= 15 is 0 Å². The minimum Gasteiger partial charge on any atom is -0.480 e. The first-order valence-corrected chi connectivity index (χ1v) is 7.71. The number of amides is 1. The molecule has 1 unspecified atom stereocenters. The number of hydrogen-bond acceptors (Lipinski definition) is 2. The molecule has 0 saturated carbocycles. The lowest BCUT2D eigenvalue weighted by molar-refractivity contribution is -0.141. The summed E-state index contributed by atoms with van der Waals surface area (Å²) >= 11 is 0. The molecule has 0 bridgehead atoms. The van der Waals surface area contributed by atoms with Crippen LogP contribution in [-0.2, 0) is 16.0 Å². The molecule has 2 rings (SSSR count). The maximum absolute atomic E-state index is 12.0. The van der Waals surface area contributed by atoms with Crippen molar-refractivity contribution in [3.05, 3.63) is 47.7 Å². The summed E-state index contributed by atoms with van der Waals surface area (Å²) < 4.78 is 0. The predicted molar refractivity (Wildman–Crippen MR) is 90.4 cm³/mol. The van der Waals surface area contributed by atoms with Gasteiger partial charge in [-0.1, -0.05) is 30.4 Å². The second-order valence-electron chi connectivity index (χ2n) is 5.57. The average Bonchev–Trinajstić information content (AvgIpc) is 2.93. The number of carbonyl (C=O) groups excluding carboxylic acids is 1. The Bertz CT molecular complexity index is 731. The number of nitrogens with one attached hydrogen (secondary N) is 2. The maximum atomic E-state index is 12.0. The normalized spacial score (nSPS) is 12.6. The molecule has 0 aliphatic rings. The fourth-order valence-electron chi connectivity index (χ4n) is 2.58. The van der Waals surface area contributed by atoms with E-state index in [1.54, 1.807) is 12.2 Å². The third kappa shape index (κ3) is 4.22. The van der Waals surface area contributed by atoms with E-state index in [-0.39, 0.29) is 12.3 Å². The van der Waals surface area contributed by atoms with Crippen molar-refractivity contribution >= 4 is 22.8 Å². The summed E-state index contributed by atoms with van der Waals surface area (Å²) in [6.07, 6.45) is 6.56. The Hall–Kier alpha value is -2.56. The average molecular weight is 314 g/mol. The third-order valence-electron chi connectivity index (χ3n) is 3.87. The molecule has 1 heterocycles. The fraction of sp³-hybridized carbons (Fsp3) is 0.333. The molecule has 5 heteroatoms. The number of aromatic amines is 1. The number of H-pyrrole nitrogens is 1. The Kier molecular flexibility index (Phi) is 5.57. The molecule has 0 radical (unpaired) electrons. The molecule has 0 saturated heterocycles. The van der Waals surface area contributed by atoms with E-state index in [4.69, 9.17) is 5.11 Å². The van der Waals surface area contributed by atoms with Crippen LogP contribution in [0, 0.1) is 6.92 Å². The molecule has 1 atom stereocenters. The van der Waals surface area contributed by atoms with E-state index in [9.17, 15) is 9.59 Å². The first-order chi connectivity index (χ1) is 11.0. The van der Waals surface area contributed by atoms with Crippen LogP contribution in [0.15, 0.2) is 36.5 Å². The van der Waals surface area contributed by atoms with Crippen molar-refractivity contribution in [3.8, 4) is 0 Å². The van der Waals surface area contributed by atoms with Crippen LogP contribution in [0.25, 0.3) is 10.9 Å². The van der Waals surface area contributed by atoms with Gasteiger partial charge in [0.1, 0.15) is 6.04 Å². The smallest absolute Gasteiger partial charge is 0.326 e. The summed E-state index contributed by atoms with van der Waals surface area (Å²) in [6.45, 7) is 3.85. The van der Waals surface area contributed by atoms with Gasteiger partial charge < -0.3 is 15.4 Å². The monoisotopic (exact) mass is 314 g/mol. The molecular formula is C18H22N2O3. The molecule has 3 N–H and O–H groups in total. The highest BCUT2D eigenvalue weighted by Gasteiger charge is 2.18. The van der Waals surface area contributed by atoms with Gasteiger partial charge in [-0.25, -0.2) is 4.79 Å². The van der Waals surface area contributed by atoms with Crippen molar-refractivity contribution in [1.82, 2.24) is 10.3 Å². The highest BCUT2D eigenvalue weighted by Crippen LogP contribution is 2.22. The number of benzene rings is 1. The van der Waals surface area contributed by atoms with Crippen molar-refractivity contribution in [2.45, 2.75) is 39.2 Å². The number of para-hydroxylation sites is 1. The summed E-state index contributed by atoms with van der Waals surface area (Å²) in [6, 6.07) is 5.18. The first kappa shape index (κ1) is 16.8. The van der Waals surface area contributed by atoms with E-state index in [0.717, 1.165) is 22.0 Å². The molecule has 1 aromatic heterocycles. The standard InChI is InChI=1S/C18H22N2O3/c1-3-4-8-15(18(22)23)20-16(21)10-9-13-11-19-17-12(2)6-5-7-14(13)17/h3-7,11,15,19H,8-10H2,1-2H3,(H,20,21)(H,22,23)/b4-3+. The number of fused-ring (bicyclic) bond motifs is 1. The van der Waals surface area contributed by atoms with Crippen LogP contribution in [-0.4, -0.2) is 28.0 Å². The minimum absolute atomic E-state index is 0.246. The Morgan fingerprint density at radius 2 is 2.17 bits per heavy atom. The van der Waals surface area contributed by atoms with E-state index in [2.05, 4.69) is 10.3 Å². The lowest BCUT2D eigenvalue weighted by Gasteiger charge is -2.12. The molecule has 1 amide bonds. The van der Waals surface area contributed by atoms with Gasteiger partial charge in [-0.05, 0) is 37.8 Å². The van der Waals surface area contributed by atoms with Gasteiger partial charge in [0.2, 0.25) is 5.91 Å². The van der Waals surface area contributed by atoms with Crippen LogP contribution in [0.4, 0.5) is 0 Å². The van der Waals surface area contributed by atoms with Gasteiger partial charge in [0.05, 0.1) is 0 Å². The molecule has 0 aliphatic carbocycles. The largest absolute Gasteiger partial charge is 0.480 e. The van der Waals surface area contributed by atoms with Gasteiger partial charge in [-0.15, -0.1) is 0 Å². The van der Waals surface area contributed by atoms with Gasteiger partial charge in [-0.2, -0.15) is 0 Å². The Balaban J connectivity index is 1.97. The molecular weight excluding hydrogens is 292 g/mol. The highest BCUT2D eigenvalue weighted by atomic mass is 16.4. The first-order valence-electron chi connectivity index (χ1n) is 7.71. The molecule has 0 spiro atoms. The van der Waals surface area contributed by atoms with Gasteiger partial charge in [0.25, 0.3) is 0 Å². The van der Waals surface area contributed by atoms with Crippen LogP contribution in [0.5, 0.6) is 0 Å². The number of allylic oxidation sites excluding steroid dienone is 1.